The van der Waals surface area contributed by atoms with Gasteiger partial charge in [0.2, 0.25) is 7.26 Å². The SMILES string of the molecule is CC[P+](C#N)(C#N)CCS(=O)(=O)O. The maximum atomic E-state index is 10.4. The van der Waals surface area contributed by atoms with Crippen molar-refractivity contribution < 1.29 is 13.0 Å². The van der Waals surface area contributed by atoms with Crippen LogP contribution in [-0.4, -0.2) is 31.0 Å². The molecule has 0 unspecified atom stereocenters. The number of hydrogen-bond donors (Lipinski definition) is 1. The third kappa shape index (κ3) is 4.19. The predicted molar refractivity (Wildman–Crippen MR) is 50.0 cm³/mol. The van der Waals surface area contributed by atoms with Crippen LogP contribution in [0.5, 0.6) is 0 Å². The molecule has 0 fully saturated rings. The summed E-state index contributed by atoms with van der Waals surface area (Å²) in [5.74, 6) is 3.22. The Labute approximate surface area is 78.1 Å². The van der Waals surface area contributed by atoms with E-state index in [1.165, 1.54) is 0 Å². The molecule has 0 saturated carbocycles. The van der Waals surface area contributed by atoms with Gasteiger partial charge in [-0.15, -0.1) is 0 Å². The lowest BCUT2D eigenvalue weighted by Gasteiger charge is -2.04. The molecule has 7 heteroatoms. The summed E-state index contributed by atoms with van der Waals surface area (Å²) in [4.78, 5) is 0. The highest BCUT2D eigenvalue weighted by Crippen LogP contribution is 2.55. The van der Waals surface area contributed by atoms with Crippen molar-refractivity contribution >= 4 is 17.4 Å². The van der Waals surface area contributed by atoms with Gasteiger partial charge in [0.25, 0.3) is 21.7 Å². The van der Waals surface area contributed by atoms with E-state index in [1.54, 1.807) is 6.92 Å². The Morgan fingerprint density at radius 3 is 2.08 bits per heavy atom. The fourth-order valence-electron chi connectivity index (χ4n) is 0.693. The van der Waals surface area contributed by atoms with Gasteiger partial charge in [0.1, 0.15) is 11.9 Å². The molecule has 0 heterocycles. The van der Waals surface area contributed by atoms with E-state index < -0.39 is 23.1 Å². The number of nitriles is 2. The molecular weight excluding hydrogens is 211 g/mol. The Bertz CT molecular complexity index is 337. The molecule has 0 aromatic heterocycles. The second-order valence-corrected chi connectivity index (χ2v) is 7.48. The molecule has 0 aliphatic heterocycles. The molecule has 0 spiro atoms. The van der Waals surface area contributed by atoms with E-state index >= 15 is 0 Å². The van der Waals surface area contributed by atoms with Crippen LogP contribution in [-0.2, 0) is 10.1 Å². The quantitative estimate of drug-likeness (QED) is 0.560. The summed E-state index contributed by atoms with van der Waals surface area (Å²) in [6.07, 6.45) is 0.310. The van der Waals surface area contributed by atoms with Crippen molar-refractivity contribution in [1.29, 1.82) is 10.5 Å². The Balaban J connectivity index is 4.51. The molecule has 0 aliphatic carbocycles. The van der Waals surface area contributed by atoms with Crippen molar-refractivity contribution in [3.05, 3.63) is 0 Å². The van der Waals surface area contributed by atoms with Gasteiger partial charge in [-0.2, -0.15) is 18.9 Å². The molecule has 13 heavy (non-hydrogen) atoms. The first-order chi connectivity index (χ1) is 5.89. The first-order valence-corrected chi connectivity index (χ1v) is 7.31. The maximum Gasteiger partial charge on any atom is 0.268 e. The number of nitrogens with zero attached hydrogens (tertiary/aromatic N) is 2. The average molecular weight is 221 g/mol. The topological polar surface area (TPSA) is 102 Å². The third-order valence-corrected chi connectivity index (χ3v) is 5.51. The van der Waals surface area contributed by atoms with Crippen molar-refractivity contribution in [1.82, 2.24) is 0 Å². The molecule has 72 valence electrons. The van der Waals surface area contributed by atoms with Crippen molar-refractivity contribution in [2.45, 2.75) is 6.92 Å². The normalized spacial score (nSPS) is 11.7. The van der Waals surface area contributed by atoms with E-state index in [-0.39, 0.29) is 6.16 Å². The molecule has 5 nitrogen and oxygen atoms in total. The second-order valence-electron chi connectivity index (χ2n) is 2.49. The van der Waals surface area contributed by atoms with Crippen LogP contribution >= 0.6 is 7.26 Å². The van der Waals surface area contributed by atoms with Crippen LogP contribution in [0.1, 0.15) is 6.92 Å². The predicted octanol–water partition coefficient (Wildman–Crippen LogP) is 0.874. The minimum absolute atomic E-state index is 0.0463. The van der Waals surface area contributed by atoms with Crippen LogP contribution in [0.4, 0.5) is 0 Å². The summed E-state index contributed by atoms with van der Waals surface area (Å²) in [6, 6.07) is 0. The van der Waals surface area contributed by atoms with E-state index in [9.17, 15) is 8.42 Å². The van der Waals surface area contributed by atoms with Crippen LogP contribution in [0.2, 0.25) is 0 Å². The van der Waals surface area contributed by atoms with Gasteiger partial charge in [0, 0.05) is 0 Å². The number of rotatable bonds is 4. The molecule has 0 rings (SSSR count). The Morgan fingerprint density at radius 2 is 1.85 bits per heavy atom. The van der Waals surface area contributed by atoms with E-state index in [0.717, 1.165) is 0 Å². The summed E-state index contributed by atoms with van der Waals surface area (Å²) in [5.41, 5.74) is 0. The van der Waals surface area contributed by atoms with Crippen molar-refractivity contribution in [3.8, 4) is 11.6 Å². The standard InChI is InChI=1S/C6H9N2O3PS/c1-2-12(5-7,6-8)3-4-13(9,10)11/h2-4H2,1H3/p+1. The molecule has 0 radical (unpaired) electrons. The van der Waals surface area contributed by atoms with Gasteiger partial charge in [-0.25, -0.2) is 0 Å². The van der Waals surface area contributed by atoms with Gasteiger partial charge in [-0.05, 0) is 6.92 Å². The smallest absolute Gasteiger partial charge is 0.268 e. The molecule has 0 saturated heterocycles. The third-order valence-electron chi connectivity index (χ3n) is 1.65. The van der Waals surface area contributed by atoms with E-state index in [4.69, 9.17) is 15.1 Å². The van der Waals surface area contributed by atoms with Gasteiger partial charge < -0.3 is 0 Å². The van der Waals surface area contributed by atoms with Gasteiger partial charge in [-0.1, -0.05) is 0 Å². The highest BCUT2D eigenvalue weighted by molar-refractivity contribution is 7.89. The van der Waals surface area contributed by atoms with Crippen LogP contribution in [0.3, 0.4) is 0 Å². The molecular formula is C6H10N2O3PS+. The van der Waals surface area contributed by atoms with Crippen LogP contribution in [0.15, 0.2) is 0 Å². The Morgan fingerprint density at radius 1 is 1.38 bits per heavy atom. The lowest BCUT2D eigenvalue weighted by atomic mass is 10.9. The summed E-state index contributed by atoms with van der Waals surface area (Å²) in [7, 11) is -6.53. The number of hydrogen-bond acceptors (Lipinski definition) is 4. The first-order valence-electron chi connectivity index (χ1n) is 3.54. The lowest BCUT2D eigenvalue weighted by molar-refractivity contribution is 0.485. The molecule has 0 aromatic rings. The summed E-state index contributed by atoms with van der Waals surface area (Å²) in [6.45, 7) is 1.67. The van der Waals surface area contributed by atoms with Crippen LogP contribution in [0, 0.1) is 22.1 Å². The summed E-state index contributed by atoms with van der Waals surface area (Å²) < 4.78 is 29.2. The van der Waals surface area contributed by atoms with Crippen LogP contribution < -0.4 is 0 Å². The highest BCUT2D eigenvalue weighted by Gasteiger charge is 2.38. The molecule has 0 atom stereocenters. The first kappa shape index (κ1) is 12.3. The zero-order valence-corrected chi connectivity index (χ0v) is 8.85. The molecule has 0 aromatic carbocycles. The Hall–Kier alpha value is -0.680. The van der Waals surface area contributed by atoms with Gasteiger partial charge in [-0.3, -0.25) is 4.55 Å². The van der Waals surface area contributed by atoms with Gasteiger partial charge in [0.05, 0.1) is 6.16 Å². The van der Waals surface area contributed by atoms with Crippen molar-refractivity contribution in [3.63, 3.8) is 0 Å². The molecule has 1 N–H and O–H groups in total. The largest absolute Gasteiger partial charge is 0.285 e. The summed E-state index contributed by atoms with van der Waals surface area (Å²) >= 11 is 0. The molecule has 0 aliphatic rings. The zero-order chi connectivity index (χ0) is 10.5. The van der Waals surface area contributed by atoms with E-state index in [1.807, 2.05) is 11.6 Å². The fraction of sp³-hybridized carbons (Fsp3) is 0.667. The summed E-state index contributed by atoms with van der Waals surface area (Å²) in [5, 5.41) is 17.3. The van der Waals surface area contributed by atoms with Gasteiger partial charge in [0.15, 0.2) is 0 Å². The fourth-order valence-corrected chi connectivity index (χ4v) is 3.71. The minimum atomic E-state index is -4.06. The zero-order valence-electron chi connectivity index (χ0n) is 7.13. The molecule has 0 bridgehead atoms. The highest BCUT2D eigenvalue weighted by atomic mass is 32.2. The van der Waals surface area contributed by atoms with Crippen LogP contribution in [0.25, 0.3) is 0 Å². The minimum Gasteiger partial charge on any atom is -0.285 e. The van der Waals surface area contributed by atoms with Crippen molar-refractivity contribution in [2.24, 2.45) is 0 Å². The Kier molecular flexibility index (Phi) is 4.29. The average Bonchev–Trinajstić information content (AvgIpc) is 2.06. The second kappa shape index (κ2) is 4.53. The monoisotopic (exact) mass is 221 g/mol. The van der Waals surface area contributed by atoms with E-state index in [2.05, 4.69) is 0 Å². The maximum absolute atomic E-state index is 10.4. The lowest BCUT2D eigenvalue weighted by Crippen LogP contribution is -2.11. The van der Waals surface area contributed by atoms with E-state index in [0.29, 0.717) is 6.16 Å². The van der Waals surface area contributed by atoms with Crippen molar-refractivity contribution in [2.75, 3.05) is 18.1 Å². The molecule has 0 amide bonds. The van der Waals surface area contributed by atoms with Gasteiger partial charge >= 0.3 is 0 Å².